The largest absolute Gasteiger partial charge is 0.340 e. The van der Waals surface area contributed by atoms with E-state index in [1.807, 2.05) is 42.0 Å². The SMILES string of the molecule is CC(C)(C)C(=O)N1CCCN(C(=O)c2cc(Br)cs2)CC1. The first-order valence-corrected chi connectivity index (χ1v) is 8.79. The molecule has 0 spiro atoms. The summed E-state index contributed by atoms with van der Waals surface area (Å²) in [5.41, 5.74) is -0.363. The highest BCUT2D eigenvalue weighted by Gasteiger charge is 2.29. The summed E-state index contributed by atoms with van der Waals surface area (Å²) in [6.07, 6.45) is 0.833. The Morgan fingerprint density at radius 1 is 1.14 bits per heavy atom. The summed E-state index contributed by atoms with van der Waals surface area (Å²) in [5.74, 6) is 0.228. The van der Waals surface area contributed by atoms with Gasteiger partial charge in [-0.2, -0.15) is 0 Å². The van der Waals surface area contributed by atoms with Gasteiger partial charge in [0.2, 0.25) is 5.91 Å². The summed E-state index contributed by atoms with van der Waals surface area (Å²) in [7, 11) is 0. The smallest absolute Gasteiger partial charge is 0.264 e. The Morgan fingerprint density at radius 3 is 2.33 bits per heavy atom. The summed E-state index contributed by atoms with van der Waals surface area (Å²) in [6.45, 7) is 8.48. The lowest BCUT2D eigenvalue weighted by Gasteiger charge is -2.28. The fraction of sp³-hybridized carbons (Fsp3) is 0.600. The predicted octanol–water partition coefficient (Wildman–Crippen LogP) is 3.23. The van der Waals surface area contributed by atoms with Crippen LogP contribution >= 0.6 is 27.3 Å². The maximum atomic E-state index is 12.5. The van der Waals surface area contributed by atoms with Crippen molar-refractivity contribution in [1.29, 1.82) is 0 Å². The number of halogens is 1. The van der Waals surface area contributed by atoms with Crippen LogP contribution in [0.4, 0.5) is 0 Å². The molecule has 1 aliphatic heterocycles. The summed E-state index contributed by atoms with van der Waals surface area (Å²) < 4.78 is 0.940. The first-order chi connectivity index (χ1) is 9.79. The van der Waals surface area contributed by atoms with Crippen molar-refractivity contribution in [2.24, 2.45) is 5.41 Å². The molecule has 1 saturated heterocycles. The Bertz CT molecular complexity index is 536. The van der Waals surface area contributed by atoms with E-state index >= 15 is 0 Å². The van der Waals surface area contributed by atoms with Crippen LogP contribution in [-0.4, -0.2) is 47.8 Å². The van der Waals surface area contributed by atoms with E-state index in [1.54, 1.807) is 0 Å². The van der Waals surface area contributed by atoms with Crippen LogP contribution in [0.1, 0.15) is 36.9 Å². The van der Waals surface area contributed by atoms with Gasteiger partial charge >= 0.3 is 0 Å². The van der Waals surface area contributed by atoms with E-state index in [0.717, 1.165) is 22.3 Å². The molecule has 0 bridgehead atoms. The molecule has 0 N–H and O–H groups in total. The summed E-state index contributed by atoms with van der Waals surface area (Å²) >= 11 is 4.83. The number of carbonyl (C=O) groups excluding carboxylic acids is 2. The second-order valence-electron chi connectivity index (χ2n) is 6.32. The molecule has 0 atom stereocenters. The highest BCUT2D eigenvalue weighted by molar-refractivity contribution is 9.10. The van der Waals surface area contributed by atoms with Crippen LogP contribution in [-0.2, 0) is 4.79 Å². The van der Waals surface area contributed by atoms with Gasteiger partial charge in [-0.1, -0.05) is 20.8 Å². The van der Waals surface area contributed by atoms with Gasteiger partial charge < -0.3 is 9.80 Å². The van der Waals surface area contributed by atoms with E-state index in [-0.39, 0.29) is 17.2 Å². The third-order valence-electron chi connectivity index (χ3n) is 3.49. The second kappa shape index (κ2) is 6.48. The zero-order valence-corrected chi connectivity index (χ0v) is 15.1. The molecule has 2 amide bonds. The number of nitrogens with zero attached hydrogens (tertiary/aromatic N) is 2. The average molecular weight is 373 g/mol. The first kappa shape index (κ1) is 16.5. The summed E-state index contributed by atoms with van der Waals surface area (Å²) in [6, 6.07) is 1.86. The second-order valence-corrected chi connectivity index (χ2v) is 8.14. The fourth-order valence-corrected chi connectivity index (χ4v) is 3.77. The zero-order chi connectivity index (χ0) is 15.6. The molecule has 0 aliphatic carbocycles. The molecule has 21 heavy (non-hydrogen) atoms. The van der Waals surface area contributed by atoms with Gasteiger partial charge in [0.05, 0.1) is 4.88 Å². The van der Waals surface area contributed by atoms with Crippen molar-refractivity contribution in [3.05, 3.63) is 20.8 Å². The highest BCUT2D eigenvalue weighted by atomic mass is 79.9. The number of carbonyl (C=O) groups is 2. The maximum absolute atomic E-state index is 12.5. The third-order valence-corrected chi connectivity index (χ3v) is 5.17. The summed E-state index contributed by atoms with van der Waals surface area (Å²) in [4.78, 5) is 29.3. The third kappa shape index (κ3) is 4.07. The van der Waals surface area contributed by atoms with Crippen LogP contribution in [0.15, 0.2) is 15.9 Å². The molecule has 2 rings (SSSR count). The molecule has 1 aromatic rings. The highest BCUT2D eigenvalue weighted by Crippen LogP contribution is 2.23. The molecule has 2 heterocycles. The van der Waals surface area contributed by atoms with Gasteiger partial charge in [-0.3, -0.25) is 9.59 Å². The Labute approximate surface area is 138 Å². The minimum Gasteiger partial charge on any atom is -0.340 e. The van der Waals surface area contributed by atoms with Gasteiger partial charge in [-0.25, -0.2) is 0 Å². The van der Waals surface area contributed by atoms with Gasteiger partial charge in [0.1, 0.15) is 0 Å². The first-order valence-electron chi connectivity index (χ1n) is 7.12. The topological polar surface area (TPSA) is 40.6 Å². The number of rotatable bonds is 1. The van der Waals surface area contributed by atoms with E-state index in [0.29, 0.717) is 19.6 Å². The lowest BCUT2D eigenvalue weighted by Crippen LogP contribution is -2.42. The van der Waals surface area contributed by atoms with Crippen LogP contribution < -0.4 is 0 Å². The summed E-state index contributed by atoms with van der Waals surface area (Å²) in [5, 5.41) is 1.92. The minimum absolute atomic E-state index is 0.0655. The molecule has 1 fully saturated rings. The van der Waals surface area contributed by atoms with Crippen molar-refractivity contribution in [3.8, 4) is 0 Å². The van der Waals surface area contributed by atoms with Gasteiger partial charge in [-0.05, 0) is 28.4 Å². The number of amides is 2. The lowest BCUT2D eigenvalue weighted by atomic mass is 9.94. The number of hydrogen-bond acceptors (Lipinski definition) is 3. The Balaban J connectivity index is 2.01. The molecule has 6 heteroatoms. The normalized spacial score (nSPS) is 16.8. The van der Waals surface area contributed by atoms with Gasteiger partial charge in [0.15, 0.2) is 0 Å². The van der Waals surface area contributed by atoms with E-state index in [9.17, 15) is 9.59 Å². The molecule has 1 aliphatic rings. The van der Waals surface area contributed by atoms with Crippen molar-refractivity contribution in [1.82, 2.24) is 9.80 Å². The Kier molecular flexibility index (Phi) is 5.09. The van der Waals surface area contributed by atoms with E-state index in [4.69, 9.17) is 0 Å². The Hall–Kier alpha value is -0.880. The van der Waals surface area contributed by atoms with Crippen molar-refractivity contribution in [2.75, 3.05) is 26.2 Å². The van der Waals surface area contributed by atoms with E-state index < -0.39 is 0 Å². The number of thiophene rings is 1. The van der Waals surface area contributed by atoms with Crippen LogP contribution in [0.3, 0.4) is 0 Å². The zero-order valence-electron chi connectivity index (χ0n) is 12.7. The molecule has 1 aromatic heterocycles. The van der Waals surface area contributed by atoms with Gasteiger partial charge in [0, 0.05) is 41.4 Å². The molecule has 0 saturated carbocycles. The quantitative estimate of drug-likeness (QED) is 0.758. The standard InChI is InChI=1S/C15H21BrN2O2S/c1-15(2,3)14(20)18-6-4-5-17(7-8-18)13(19)12-9-11(16)10-21-12/h9-10H,4-8H2,1-3H3. The lowest BCUT2D eigenvalue weighted by molar-refractivity contribution is -0.139. The van der Waals surface area contributed by atoms with Gasteiger partial charge in [-0.15, -0.1) is 11.3 Å². The predicted molar refractivity (Wildman–Crippen MR) is 88.6 cm³/mol. The van der Waals surface area contributed by atoms with Crippen LogP contribution in [0.25, 0.3) is 0 Å². The van der Waals surface area contributed by atoms with Crippen LogP contribution in [0, 0.1) is 5.41 Å². The molecule has 0 radical (unpaired) electrons. The maximum Gasteiger partial charge on any atom is 0.264 e. The van der Waals surface area contributed by atoms with Crippen LogP contribution in [0.2, 0.25) is 0 Å². The molecule has 0 aromatic carbocycles. The average Bonchev–Trinajstić information content (AvgIpc) is 2.71. The minimum atomic E-state index is -0.363. The van der Waals surface area contributed by atoms with Crippen molar-refractivity contribution < 1.29 is 9.59 Å². The van der Waals surface area contributed by atoms with E-state index in [2.05, 4.69) is 15.9 Å². The van der Waals surface area contributed by atoms with Crippen molar-refractivity contribution in [2.45, 2.75) is 27.2 Å². The molecule has 116 valence electrons. The molecule has 0 unspecified atom stereocenters. The van der Waals surface area contributed by atoms with Crippen molar-refractivity contribution in [3.63, 3.8) is 0 Å². The number of hydrogen-bond donors (Lipinski definition) is 0. The van der Waals surface area contributed by atoms with Crippen molar-refractivity contribution >= 4 is 39.1 Å². The Morgan fingerprint density at radius 2 is 1.76 bits per heavy atom. The van der Waals surface area contributed by atoms with Crippen LogP contribution in [0.5, 0.6) is 0 Å². The monoisotopic (exact) mass is 372 g/mol. The van der Waals surface area contributed by atoms with Gasteiger partial charge in [0.25, 0.3) is 5.91 Å². The fourth-order valence-electron chi connectivity index (χ4n) is 2.38. The molecular formula is C15H21BrN2O2S. The molecular weight excluding hydrogens is 352 g/mol. The molecule has 4 nitrogen and oxygen atoms in total. The van der Waals surface area contributed by atoms with E-state index in [1.165, 1.54) is 11.3 Å².